The number of rotatable bonds is 17. The van der Waals surface area contributed by atoms with Crippen LogP contribution in [0.15, 0.2) is 27.4 Å². The number of amides is 4. The van der Waals surface area contributed by atoms with E-state index in [0.717, 1.165) is 77.0 Å². The van der Waals surface area contributed by atoms with Gasteiger partial charge in [-0.2, -0.15) is 0 Å². The fraction of sp³-hybridized carbons (Fsp3) is 0.781. The molecule has 0 aromatic rings. The second-order valence-corrected chi connectivity index (χ2v) is 12.6. The normalized spacial score (nSPS) is 25.0. The summed E-state index contributed by atoms with van der Waals surface area (Å²) in [7, 11) is 0. The smallest absolute Gasteiger partial charge is 0.279 e. The highest BCUT2D eigenvalue weighted by Crippen LogP contribution is 2.35. The maximum atomic E-state index is 13.8. The number of nitrogens with zero attached hydrogens (tertiary/aromatic N) is 6. The van der Waals surface area contributed by atoms with Gasteiger partial charge in [0.2, 0.25) is 18.2 Å². The van der Waals surface area contributed by atoms with Gasteiger partial charge in [-0.25, -0.2) is 43.8 Å². The average Bonchev–Trinajstić information content (AvgIpc) is 3.02. The maximum Gasteiger partial charge on any atom is 0.333 e. The Morgan fingerprint density at radius 2 is 1.16 bits per heavy atom. The van der Waals surface area contributed by atoms with Crippen molar-refractivity contribution >= 4 is 30.3 Å². The number of imide groups is 1. The molecule has 236 valence electrons. The fourth-order valence-corrected chi connectivity index (χ4v) is 6.94. The van der Waals surface area contributed by atoms with Crippen molar-refractivity contribution in [1.29, 1.82) is 0 Å². The summed E-state index contributed by atoms with van der Waals surface area (Å²) in [5.74, 6) is 2.07. The van der Waals surface area contributed by atoms with Crippen molar-refractivity contribution < 1.29 is 24.0 Å². The molecule has 0 aromatic carbocycles. The number of carbonyl (C=O) groups excluding carboxylic acids is 5. The minimum Gasteiger partial charge on any atom is -0.279 e. The van der Waals surface area contributed by atoms with E-state index in [-0.39, 0.29) is 23.9 Å². The lowest BCUT2D eigenvalue weighted by Crippen LogP contribution is -2.60. The van der Waals surface area contributed by atoms with Crippen molar-refractivity contribution in [1.82, 2.24) is 14.7 Å². The summed E-state index contributed by atoms with van der Waals surface area (Å²) in [5, 5.41) is 0. The zero-order valence-electron chi connectivity index (χ0n) is 25.8. The van der Waals surface area contributed by atoms with Gasteiger partial charge < -0.3 is 0 Å². The van der Waals surface area contributed by atoms with Gasteiger partial charge in [-0.3, -0.25) is 9.80 Å². The van der Waals surface area contributed by atoms with Crippen molar-refractivity contribution in [2.24, 2.45) is 44.6 Å². The highest BCUT2D eigenvalue weighted by Gasteiger charge is 2.42. The van der Waals surface area contributed by atoms with E-state index < -0.39 is 0 Å². The van der Waals surface area contributed by atoms with Gasteiger partial charge in [0.25, 0.3) is 0 Å². The lowest BCUT2D eigenvalue weighted by atomic mass is 9.81. The second kappa shape index (κ2) is 18.3. The number of hydrogen-bond donors (Lipinski definition) is 0. The van der Waals surface area contributed by atoms with Gasteiger partial charge in [-0.05, 0) is 100 Å². The standard InChI is InChI=1S/C32H48N6O5/c1-3-6-26(17-33-22-39)7-4-5-16-36-31(42)37(20-29-12-8-27(9-13-29)18-34-23-40)25(2)38(32(36)43)21-30-14-10-28(11-15-30)19-35-24-41/h26-30H,2-21H2,1H3. The Bertz CT molecular complexity index is 1010. The minimum absolute atomic E-state index is 0.288. The van der Waals surface area contributed by atoms with Crippen molar-refractivity contribution in [3.63, 3.8) is 0 Å². The van der Waals surface area contributed by atoms with Crippen LogP contribution in [0.25, 0.3) is 0 Å². The Labute approximate surface area is 255 Å². The molecular formula is C32H48N6O5. The molecule has 1 atom stereocenters. The van der Waals surface area contributed by atoms with Crippen LogP contribution >= 0.6 is 0 Å². The number of hydrogen-bond acceptors (Lipinski definition) is 8. The van der Waals surface area contributed by atoms with Gasteiger partial charge in [-0.1, -0.05) is 26.3 Å². The van der Waals surface area contributed by atoms with Crippen LogP contribution < -0.4 is 0 Å². The van der Waals surface area contributed by atoms with Gasteiger partial charge >= 0.3 is 12.1 Å². The van der Waals surface area contributed by atoms with Gasteiger partial charge in [0.15, 0.2) is 0 Å². The number of isocyanates is 3. The van der Waals surface area contributed by atoms with Crippen LogP contribution in [0.4, 0.5) is 9.59 Å². The van der Waals surface area contributed by atoms with Crippen LogP contribution in [0.3, 0.4) is 0 Å². The van der Waals surface area contributed by atoms with Crippen LogP contribution in [-0.2, 0) is 14.4 Å². The van der Waals surface area contributed by atoms with Gasteiger partial charge in [0.05, 0.1) is 19.6 Å². The first-order valence-electron chi connectivity index (χ1n) is 16.1. The first kappa shape index (κ1) is 34.1. The molecule has 3 fully saturated rings. The molecule has 43 heavy (non-hydrogen) atoms. The second-order valence-electron chi connectivity index (χ2n) is 12.6. The lowest BCUT2D eigenvalue weighted by Gasteiger charge is -2.45. The number of urea groups is 2. The molecule has 3 aliphatic rings. The minimum atomic E-state index is -0.301. The van der Waals surface area contributed by atoms with Crippen LogP contribution in [0.5, 0.6) is 0 Å². The van der Waals surface area contributed by atoms with Gasteiger partial charge in [0, 0.05) is 19.6 Å². The van der Waals surface area contributed by atoms with E-state index in [0.29, 0.717) is 69.3 Å². The molecule has 11 heteroatoms. The third-order valence-electron chi connectivity index (χ3n) is 9.54. The third-order valence-corrected chi connectivity index (χ3v) is 9.54. The Hall–Kier alpha value is -3.38. The van der Waals surface area contributed by atoms with Gasteiger partial charge in [-0.15, -0.1) is 0 Å². The van der Waals surface area contributed by atoms with E-state index in [1.807, 2.05) is 0 Å². The van der Waals surface area contributed by atoms with Crippen LogP contribution in [0.2, 0.25) is 0 Å². The largest absolute Gasteiger partial charge is 0.333 e. The summed E-state index contributed by atoms with van der Waals surface area (Å²) < 4.78 is 0. The molecule has 4 amide bonds. The molecule has 1 unspecified atom stereocenters. The quantitative estimate of drug-likeness (QED) is 0.118. The summed E-state index contributed by atoms with van der Waals surface area (Å²) in [6, 6.07) is -0.602. The van der Waals surface area contributed by atoms with Crippen LogP contribution in [0.1, 0.15) is 90.4 Å². The topological polar surface area (TPSA) is 132 Å². The molecular weight excluding hydrogens is 548 g/mol. The molecule has 2 aliphatic carbocycles. The molecule has 0 aromatic heterocycles. The Morgan fingerprint density at radius 3 is 1.60 bits per heavy atom. The monoisotopic (exact) mass is 596 g/mol. The van der Waals surface area contributed by atoms with Gasteiger partial charge in [0.1, 0.15) is 5.82 Å². The van der Waals surface area contributed by atoms with Crippen molar-refractivity contribution in [3.05, 3.63) is 12.4 Å². The molecule has 2 saturated carbocycles. The van der Waals surface area contributed by atoms with E-state index in [9.17, 15) is 24.0 Å². The molecule has 3 rings (SSSR count). The zero-order chi connectivity index (χ0) is 31.0. The first-order valence-corrected chi connectivity index (χ1v) is 16.1. The molecule has 0 radical (unpaired) electrons. The highest BCUT2D eigenvalue weighted by atomic mass is 16.2. The fourth-order valence-electron chi connectivity index (χ4n) is 6.94. The third kappa shape index (κ3) is 10.4. The zero-order valence-corrected chi connectivity index (χ0v) is 25.8. The molecule has 0 N–H and O–H groups in total. The number of unbranched alkanes of at least 4 members (excludes halogenated alkanes) is 1. The number of aliphatic imine (C=N–C) groups is 3. The Kier molecular flexibility index (Phi) is 14.5. The highest BCUT2D eigenvalue weighted by molar-refractivity contribution is 5.98. The molecule has 1 saturated heterocycles. The summed E-state index contributed by atoms with van der Waals surface area (Å²) in [5.41, 5.74) is 0. The molecule has 11 nitrogen and oxygen atoms in total. The van der Waals surface area contributed by atoms with E-state index >= 15 is 0 Å². The van der Waals surface area contributed by atoms with E-state index in [1.54, 1.807) is 28.0 Å². The summed E-state index contributed by atoms with van der Waals surface area (Å²) >= 11 is 0. The van der Waals surface area contributed by atoms with Crippen molar-refractivity contribution in [3.8, 4) is 0 Å². The predicted octanol–water partition coefficient (Wildman–Crippen LogP) is 5.82. The van der Waals surface area contributed by atoms with Crippen molar-refractivity contribution in [2.75, 3.05) is 39.3 Å². The summed E-state index contributed by atoms with van der Waals surface area (Å²) in [4.78, 5) is 75.2. The SMILES string of the molecule is C=C1N(CC2CCC(CN=C=O)CC2)C(=O)N(CCCCC(CCC)CN=C=O)C(=O)N1CC1CCC(CN=C=O)CC1. The average molecular weight is 597 g/mol. The predicted molar refractivity (Wildman–Crippen MR) is 162 cm³/mol. The van der Waals surface area contributed by atoms with E-state index in [4.69, 9.17) is 0 Å². The molecule has 0 bridgehead atoms. The van der Waals surface area contributed by atoms with E-state index in [2.05, 4.69) is 28.5 Å². The molecule has 1 heterocycles. The summed E-state index contributed by atoms with van der Waals surface area (Å²) in [6.45, 7) is 9.20. The van der Waals surface area contributed by atoms with Crippen LogP contribution in [-0.4, -0.2) is 84.3 Å². The Morgan fingerprint density at radius 1 is 0.698 bits per heavy atom. The first-order chi connectivity index (χ1) is 20.9. The maximum absolute atomic E-state index is 13.8. The molecule has 0 spiro atoms. The number of carbonyl (C=O) groups is 2. The van der Waals surface area contributed by atoms with E-state index in [1.165, 1.54) is 4.90 Å². The Balaban J connectivity index is 1.66. The molecule has 1 aliphatic heterocycles. The lowest BCUT2D eigenvalue weighted by molar-refractivity contribution is 0.0887. The van der Waals surface area contributed by atoms with Crippen LogP contribution in [0, 0.1) is 29.6 Å². The summed E-state index contributed by atoms with van der Waals surface area (Å²) in [6.07, 6.45) is 16.8. The van der Waals surface area contributed by atoms with Crippen molar-refractivity contribution in [2.45, 2.75) is 90.4 Å².